The number of rotatable bonds is 7. The minimum Gasteiger partial charge on any atom is -0.313 e. The van der Waals surface area contributed by atoms with E-state index in [-0.39, 0.29) is 0 Å². The molecule has 2 rings (SSSR count). The molecule has 0 spiro atoms. The molecule has 100 valence electrons. The highest BCUT2D eigenvalue weighted by molar-refractivity contribution is 7.15. The van der Waals surface area contributed by atoms with E-state index in [9.17, 15) is 0 Å². The molecule has 2 aromatic heterocycles. The van der Waals surface area contributed by atoms with Gasteiger partial charge in [-0.1, -0.05) is 20.8 Å². The minimum atomic E-state index is 0.557. The Bertz CT molecular complexity index is 445. The van der Waals surface area contributed by atoms with Gasteiger partial charge in [0.05, 0.1) is 5.69 Å². The lowest BCUT2D eigenvalue weighted by atomic mass is 10.3. The van der Waals surface area contributed by atoms with Gasteiger partial charge in [-0.05, 0) is 6.54 Å². The van der Waals surface area contributed by atoms with Crippen molar-refractivity contribution in [1.29, 1.82) is 0 Å². The monoisotopic (exact) mass is 266 g/mol. The molecule has 0 aliphatic rings. The van der Waals surface area contributed by atoms with Crippen molar-refractivity contribution < 1.29 is 0 Å². The SMILES string of the molecule is CCN(CCNC(C)C)Cc1cn2ccsc2n1. The van der Waals surface area contributed by atoms with Crippen molar-refractivity contribution in [2.75, 3.05) is 19.6 Å². The molecule has 0 aromatic carbocycles. The van der Waals surface area contributed by atoms with Crippen molar-refractivity contribution in [3.63, 3.8) is 0 Å². The normalized spacial score (nSPS) is 12.1. The van der Waals surface area contributed by atoms with E-state index in [2.05, 4.69) is 58.1 Å². The predicted molar refractivity (Wildman–Crippen MR) is 77.2 cm³/mol. The highest BCUT2D eigenvalue weighted by Crippen LogP contribution is 2.12. The molecule has 0 amide bonds. The Kier molecular flexibility index (Phi) is 4.74. The molecule has 18 heavy (non-hydrogen) atoms. The van der Waals surface area contributed by atoms with Crippen LogP contribution in [0.25, 0.3) is 4.96 Å². The van der Waals surface area contributed by atoms with Gasteiger partial charge in [0.1, 0.15) is 0 Å². The third-order valence-corrected chi connectivity index (χ3v) is 3.73. The van der Waals surface area contributed by atoms with Crippen molar-refractivity contribution in [3.8, 4) is 0 Å². The molecule has 1 N–H and O–H groups in total. The zero-order valence-corrected chi connectivity index (χ0v) is 12.2. The second kappa shape index (κ2) is 6.31. The van der Waals surface area contributed by atoms with Gasteiger partial charge in [0.25, 0.3) is 0 Å². The standard InChI is InChI=1S/C13H22N4S/c1-4-16(6-5-14-11(2)3)9-12-10-17-7-8-18-13(17)15-12/h7-8,10-11,14H,4-6,9H2,1-3H3. The second-order valence-corrected chi connectivity index (χ2v) is 5.68. The zero-order chi connectivity index (χ0) is 13.0. The molecule has 0 aliphatic heterocycles. The summed E-state index contributed by atoms with van der Waals surface area (Å²) in [6.45, 7) is 10.7. The number of nitrogens with one attached hydrogen (secondary N) is 1. The van der Waals surface area contributed by atoms with Crippen LogP contribution >= 0.6 is 11.3 Å². The average molecular weight is 266 g/mol. The quantitative estimate of drug-likeness (QED) is 0.834. The molecule has 2 aromatic rings. The fraction of sp³-hybridized carbons (Fsp3) is 0.615. The fourth-order valence-corrected chi connectivity index (χ4v) is 2.66. The van der Waals surface area contributed by atoms with Gasteiger partial charge in [-0.25, -0.2) is 4.98 Å². The summed E-state index contributed by atoms with van der Waals surface area (Å²) in [5.41, 5.74) is 1.16. The number of fused-ring (bicyclic) bond motifs is 1. The number of hydrogen-bond donors (Lipinski definition) is 1. The minimum absolute atomic E-state index is 0.557. The Hall–Kier alpha value is -0.910. The largest absolute Gasteiger partial charge is 0.313 e. The summed E-state index contributed by atoms with van der Waals surface area (Å²) in [7, 11) is 0. The van der Waals surface area contributed by atoms with Crippen molar-refractivity contribution in [2.24, 2.45) is 0 Å². The first kappa shape index (κ1) is 13.5. The number of likely N-dealkylation sites (N-methyl/N-ethyl adjacent to an activating group) is 1. The van der Waals surface area contributed by atoms with Crippen LogP contribution in [0.4, 0.5) is 0 Å². The van der Waals surface area contributed by atoms with Crippen LogP contribution in [0.2, 0.25) is 0 Å². The maximum absolute atomic E-state index is 4.62. The Morgan fingerprint density at radius 3 is 3.00 bits per heavy atom. The van der Waals surface area contributed by atoms with E-state index in [1.54, 1.807) is 11.3 Å². The van der Waals surface area contributed by atoms with Crippen LogP contribution < -0.4 is 5.32 Å². The van der Waals surface area contributed by atoms with Crippen LogP contribution in [0.1, 0.15) is 26.5 Å². The molecule has 0 bridgehead atoms. The van der Waals surface area contributed by atoms with E-state index in [0.717, 1.165) is 36.8 Å². The van der Waals surface area contributed by atoms with Crippen molar-refractivity contribution in [1.82, 2.24) is 19.6 Å². The van der Waals surface area contributed by atoms with E-state index in [1.807, 2.05) is 0 Å². The summed E-state index contributed by atoms with van der Waals surface area (Å²) < 4.78 is 2.10. The maximum atomic E-state index is 4.62. The van der Waals surface area contributed by atoms with Crippen molar-refractivity contribution >= 4 is 16.3 Å². The Morgan fingerprint density at radius 1 is 1.50 bits per heavy atom. The van der Waals surface area contributed by atoms with E-state index >= 15 is 0 Å². The Labute approximate surface area is 113 Å². The van der Waals surface area contributed by atoms with Gasteiger partial charge in [-0.15, -0.1) is 11.3 Å². The summed E-state index contributed by atoms with van der Waals surface area (Å²) in [4.78, 5) is 8.13. The van der Waals surface area contributed by atoms with Gasteiger partial charge in [-0.2, -0.15) is 0 Å². The lowest BCUT2D eigenvalue weighted by Gasteiger charge is -2.20. The number of nitrogens with zero attached hydrogens (tertiary/aromatic N) is 3. The molecule has 0 radical (unpaired) electrons. The lowest BCUT2D eigenvalue weighted by molar-refractivity contribution is 0.273. The molecule has 0 saturated carbocycles. The van der Waals surface area contributed by atoms with Crippen LogP contribution in [0.15, 0.2) is 17.8 Å². The van der Waals surface area contributed by atoms with Gasteiger partial charge >= 0.3 is 0 Å². The van der Waals surface area contributed by atoms with Crippen molar-refractivity contribution in [3.05, 3.63) is 23.5 Å². The van der Waals surface area contributed by atoms with Gasteiger partial charge in [0.2, 0.25) is 0 Å². The van der Waals surface area contributed by atoms with E-state index in [4.69, 9.17) is 0 Å². The van der Waals surface area contributed by atoms with Crippen LogP contribution in [0.5, 0.6) is 0 Å². The first-order valence-electron chi connectivity index (χ1n) is 6.56. The summed E-state index contributed by atoms with van der Waals surface area (Å²) >= 11 is 1.69. The molecule has 0 fully saturated rings. The highest BCUT2D eigenvalue weighted by atomic mass is 32.1. The van der Waals surface area contributed by atoms with E-state index in [0.29, 0.717) is 6.04 Å². The van der Waals surface area contributed by atoms with E-state index < -0.39 is 0 Å². The maximum Gasteiger partial charge on any atom is 0.193 e. The van der Waals surface area contributed by atoms with Crippen molar-refractivity contribution in [2.45, 2.75) is 33.4 Å². The first-order valence-corrected chi connectivity index (χ1v) is 7.43. The number of imidazole rings is 1. The third kappa shape index (κ3) is 3.54. The topological polar surface area (TPSA) is 32.6 Å². The Morgan fingerprint density at radius 2 is 2.33 bits per heavy atom. The smallest absolute Gasteiger partial charge is 0.193 e. The summed E-state index contributed by atoms with van der Waals surface area (Å²) in [6, 6.07) is 0.557. The molecular formula is C13H22N4S. The number of aromatic nitrogens is 2. The first-order chi connectivity index (χ1) is 8.69. The van der Waals surface area contributed by atoms with Gasteiger partial charge in [0.15, 0.2) is 4.96 Å². The highest BCUT2D eigenvalue weighted by Gasteiger charge is 2.08. The van der Waals surface area contributed by atoms with Crippen LogP contribution in [-0.2, 0) is 6.54 Å². The molecule has 0 saturated heterocycles. The van der Waals surface area contributed by atoms with Crippen LogP contribution in [-0.4, -0.2) is 40.0 Å². The van der Waals surface area contributed by atoms with Gasteiger partial charge in [0, 0.05) is 43.4 Å². The molecule has 2 heterocycles. The summed E-state index contributed by atoms with van der Waals surface area (Å²) in [5.74, 6) is 0. The summed E-state index contributed by atoms with van der Waals surface area (Å²) in [5, 5.41) is 5.52. The predicted octanol–water partition coefficient (Wildman–Crippen LogP) is 2.22. The van der Waals surface area contributed by atoms with Crippen LogP contribution in [0.3, 0.4) is 0 Å². The molecular weight excluding hydrogens is 244 g/mol. The number of hydrogen-bond acceptors (Lipinski definition) is 4. The van der Waals surface area contributed by atoms with Crippen LogP contribution in [0, 0.1) is 0 Å². The third-order valence-electron chi connectivity index (χ3n) is 2.96. The lowest BCUT2D eigenvalue weighted by Crippen LogP contribution is -2.34. The molecule has 0 unspecified atom stereocenters. The molecule has 5 heteroatoms. The average Bonchev–Trinajstić information content (AvgIpc) is 2.87. The second-order valence-electron chi connectivity index (χ2n) is 4.80. The Balaban J connectivity index is 1.87. The van der Waals surface area contributed by atoms with E-state index in [1.165, 1.54) is 0 Å². The molecule has 4 nitrogen and oxygen atoms in total. The van der Waals surface area contributed by atoms with Gasteiger partial charge < -0.3 is 5.32 Å². The summed E-state index contributed by atoms with van der Waals surface area (Å²) in [6.07, 6.45) is 4.19. The zero-order valence-electron chi connectivity index (χ0n) is 11.4. The number of thiazole rings is 1. The fourth-order valence-electron chi connectivity index (χ4n) is 1.94. The van der Waals surface area contributed by atoms with Gasteiger partial charge in [-0.3, -0.25) is 9.30 Å². The molecule has 0 atom stereocenters. The molecule has 0 aliphatic carbocycles.